The van der Waals surface area contributed by atoms with Crippen LogP contribution in [0.4, 0.5) is 0 Å². The second kappa shape index (κ2) is 5.91. The van der Waals surface area contributed by atoms with E-state index in [1.165, 1.54) is 0 Å². The molecule has 0 unspecified atom stereocenters. The molecule has 0 amide bonds. The minimum absolute atomic E-state index is 0.267. The fraction of sp³-hybridized carbons (Fsp3) is 0.214. The highest BCUT2D eigenvalue weighted by atomic mass is 16.5. The van der Waals surface area contributed by atoms with E-state index in [2.05, 4.69) is 9.97 Å². The standard InChI is InChI=1S/C14H14N2O2/c1-2-13(17)18-14(11-7-3-5-9-15-11)12-8-4-6-10-16-12/h3-10,14H,2H2,1H3. The van der Waals surface area contributed by atoms with E-state index in [9.17, 15) is 4.79 Å². The van der Waals surface area contributed by atoms with Gasteiger partial charge in [0.05, 0.1) is 11.4 Å². The van der Waals surface area contributed by atoms with Crippen molar-refractivity contribution in [1.82, 2.24) is 9.97 Å². The Morgan fingerprint density at radius 2 is 1.67 bits per heavy atom. The molecule has 0 saturated heterocycles. The normalized spacial score (nSPS) is 10.3. The second-order valence-corrected chi connectivity index (χ2v) is 3.73. The van der Waals surface area contributed by atoms with Gasteiger partial charge in [-0.15, -0.1) is 0 Å². The number of pyridine rings is 2. The van der Waals surface area contributed by atoms with Crippen LogP contribution in [0.1, 0.15) is 30.8 Å². The Hall–Kier alpha value is -2.23. The van der Waals surface area contributed by atoms with Crippen molar-refractivity contribution >= 4 is 5.97 Å². The number of hydrogen-bond donors (Lipinski definition) is 0. The van der Waals surface area contributed by atoms with Gasteiger partial charge in [-0.1, -0.05) is 19.1 Å². The maximum atomic E-state index is 11.5. The average Bonchev–Trinajstić information content (AvgIpc) is 2.46. The predicted molar refractivity (Wildman–Crippen MR) is 66.7 cm³/mol. The third-order valence-corrected chi connectivity index (χ3v) is 2.45. The van der Waals surface area contributed by atoms with Crippen molar-refractivity contribution in [2.24, 2.45) is 0 Å². The van der Waals surface area contributed by atoms with Crippen LogP contribution in [-0.4, -0.2) is 15.9 Å². The van der Waals surface area contributed by atoms with Gasteiger partial charge in [-0.3, -0.25) is 14.8 Å². The van der Waals surface area contributed by atoms with E-state index < -0.39 is 6.10 Å². The van der Waals surface area contributed by atoms with E-state index >= 15 is 0 Å². The van der Waals surface area contributed by atoms with Crippen LogP contribution >= 0.6 is 0 Å². The summed E-state index contributed by atoms with van der Waals surface area (Å²) in [7, 11) is 0. The number of ether oxygens (including phenoxy) is 1. The smallest absolute Gasteiger partial charge is 0.306 e. The SMILES string of the molecule is CCC(=O)OC(c1ccccn1)c1ccccn1. The number of carbonyl (C=O) groups is 1. The van der Waals surface area contributed by atoms with Crippen molar-refractivity contribution in [3.8, 4) is 0 Å². The van der Waals surface area contributed by atoms with Gasteiger partial charge < -0.3 is 4.74 Å². The topological polar surface area (TPSA) is 52.1 Å². The van der Waals surface area contributed by atoms with Gasteiger partial charge in [0.25, 0.3) is 0 Å². The molecule has 4 heteroatoms. The number of aromatic nitrogens is 2. The fourth-order valence-corrected chi connectivity index (χ4v) is 1.55. The lowest BCUT2D eigenvalue weighted by molar-refractivity contribution is -0.147. The Labute approximate surface area is 106 Å². The zero-order valence-corrected chi connectivity index (χ0v) is 10.1. The van der Waals surface area contributed by atoms with Gasteiger partial charge >= 0.3 is 5.97 Å². The number of esters is 1. The maximum Gasteiger partial charge on any atom is 0.306 e. The molecule has 0 saturated carbocycles. The van der Waals surface area contributed by atoms with E-state index in [1.807, 2.05) is 36.4 Å². The van der Waals surface area contributed by atoms with Crippen LogP contribution < -0.4 is 0 Å². The molecule has 2 rings (SSSR count). The molecule has 2 heterocycles. The summed E-state index contributed by atoms with van der Waals surface area (Å²) < 4.78 is 5.41. The quantitative estimate of drug-likeness (QED) is 0.773. The number of carbonyl (C=O) groups excluding carboxylic acids is 1. The summed E-state index contributed by atoms with van der Waals surface area (Å²) in [5.74, 6) is -0.267. The summed E-state index contributed by atoms with van der Waals surface area (Å²) in [6.07, 6.45) is 3.13. The lowest BCUT2D eigenvalue weighted by atomic mass is 10.1. The molecule has 0 aliphatic carbocycles. The lowest BCUT2D eigenvalue weighted by Gasteiger charge is -2.16. The molecule has 0 atom stereocenters. The first-order valence-electron chi connectivity index (χ1n) is 5.82. The van der Waals surface area contributed by atoms with E-state index in [-0.39, 0.29) is 5.97 Å². The maximum absolute atomic E-state index is 11.5. The zero-order valence-electron chi connectivity index (χ0n) is 10.1. The molecule has 0 N–H and O–H groups in total. The van der Waals surface area contributed by atoms with Crippen LogP contribution in [0.5, 0.6) is 0 Å². The van der Waals surface area contributed by atoms with Crippen LogP contribution in [-0.2, 0) is 9.53 Å². The average molecular weight is 242 g/mol. The molecule has 2 aromatic heterocycles. The number of nitrogens with zero attached hydrogens (tertiary/aromatic N) is 2. The third kappa shape index (κ3) is 2.91. The van der Waals surface area contributed by atoms with E-state index in [4.69, 9.17) is 4.74 Å². The lowest BCUT2D eigenvalue weighted by Crippen LogP contribution is -2.14. The summed E-state index contributed by atoms with van der Waals surface area (Å²) in [4.78, 5) is 19.9. The minimum atomic E-state index is -0.542. The van der Waals surface area contributed by atoms with Gasteiger partial charge in [-0.2, -0.15) is 0 Å². The van der Waals surface area contributed by atoms with Crippen molar-refractivity contribution in [1.29, 1.82) is 0 Å². The van der Waals surface area contributed by atoms with Crippen molar-refractivity contribution in [2.75, 3.05) is 0 Å². The van der Waals surface area contributed by atoms with Gasteiger partial charge in [0.15, 0.2) is 6.10 Å². The summed E-state index contributed by atoms with van der Waals surface area (Å²) in [6.45, 7) is 1.76. The van der Waals surface area contributed by atoms with Crippen LogP contribution in [0.15, 0.2) is 48.8 Å². The van der Waals surface area contributed by atoms with Gasteiger partial charge in [0, 0.05) is 18.8 Å². The fourth-order valence-electron chi connectivity index (χ4n) is 1.55. The first kappa shape index (κ1) is 12.2. The summed E-state index contributed by atoms with van der Waals surface area (Å²) in [6, 6.07) is 11.0. The Morgan fingerprint density at radius 1 is 1.11 bits per heavy atom. The van der Waals surface area contributed by atoms with Gasteiger partial charge in [0.1, 0.15) is 0 Å². The van der Waals surface area contributed by atoms with Crippen molar-refractivity contribution < 1.29 is 9.53 Å². The van der Waals surface area contributed by atoms with Gasteiger partial charge in [0.2, 0.25) is 0 Å². The highest BCUT2D eigenvalue weighted by Gasteiger charge is 2.20. The molecule has 18 heavy (non-hydrogen) atoms. The molecule has 0 aromatic carbocycles. The molecule has 0 spiro atoms. The molecule has 0 fully saturated rings. The monoisotopic (exact) mass is 242 g/mol. The first-order valence-corrected chi connectivity index (χ1v) is 5.82. The summed E-state index contributed by atoms with van der Waals surface area (Å²) >= 11 is 0. The third-order valence-electron chi connectivity index (χ3n) is 2.45. The Morgan fingerprint density at radius 3 is 2.06 bits per heavy atom. The summed E-state index contributed by atoms with van der Waals surface area (Å²) in [5.41, 5.74) is 1.36. The minimum Gasteiger partial charge on any atom is -0.449 e. The van der Waals surface area contributed by atoms with Gasteiger partial charge in [-0.25, -0.2) is 0 Å². The van der Waals surface area contributed by atoms with E-state index in [0.717, 1.165) is 0 Å². The van der Waals surface area contributed by atoms with E-state index in [1.54, 1.807) is 19.3 Å². The van der Waals surface area contributed by atoms with Crippen LogP contribution in [0.2, 0.25) is 0 Å². The second-order valence-electron chi connectivity index (χ2n) is 3.73. The molecule has 0 aliphatic rings. The Kier molecular flexibility index (Phi) is 4.02. The largest absolute Gasteiger partial charge is 0.449 e. The van der Waals surface area contributed by atoms with Gasteiger partial charge in [-0.05, 0) is 24.3 Å². The summed E-state index contributed by atoms with van der Waals surface area (Å²) in [5, 5.41) is 0. The Balaban J connectivity index is 2.32. The molecule has 92 valence electrons. The number of hydrogen-bond acceptors (Lipinski definition) is 4. The van der Waals surface area contributed by atoms with Crippen LogP contribution in [0, 0.1) is 0 Å². The highest BCUT2D eigenvalue weighted by Crippen LogP contribution is 2.22. The number of rotatable bonds is 4. The molecule has 2 aromatic rings. The van der Waals surface area contributed by atoms with Crippen LogP contribution in [0.25, 0.3) is 0 Å². The molecule has 0 radical (unpaired) electrons. The zero-order chi connectivity index (χ0) is 12.8. The van der Waals surface area contributed by atoms with E-state index in [0.29, 0.717) is 17.8 Å². The highest BCUT2D eigenvalue weighted by molar-refractivity contribution is 5.69. The predicted octanol–water partition coefficient (Wildman–Crippen LogP) is 2.52. The molecular formula is C14H14N2O2. The molecule has 4 nitrogen and oxygen atoms in total. The van der Waals surface area contributed by atoms with Crippen LogP contribution in [0.3, 0.4) is 0 Å². The Bertz CT molecular complexity index is 460. The van der Waals surface area contributed by atoms with Crippen molar-refractivity contribution in [2.45, 2.75) is 19.4 Å². The van der Waals surface area contributed by atoms with Crippen molar-refractivity contribution in [3.05, 3.63) is 60.2 Å². The van der Waals surface area contributed by atoms with Crippen molar-refractivity contribution in [3.63, 3.8) is 0 Å². The first-order chi connectivity index (χ1) is 8.81. The molecular weight excluding hydrogens is 228 g/mol. The molecule has 0 bridgehead atoms. The molecule has 0 aliphatic heterocycles.